The van der Waals surface area contributed by atoms with Crippen LogP contribution in [0.15, 0.2) is 39.3 Å². The Morgan fingerprint density at radius 3 is 2.32 bits per heavy atom. The maximum absolute atomic E-state index is 6.17. The van der Waals surface area contributed by atoms with Crippen LogP contribution in [0, 0.1) is 0 Å². The summed E-state index contributed by atoms with van der Waals surface area (Å²) in [7, 11) is 0. The summed E-state index contributed by atoms with van der Waals surface area (Å²) in [4.78, 5) is 0. The first-order valence-corrected chi connectivity index (χ1v) is 8.02. The topological polar surface area (TPSA) is 12.0 Å². The van der Waals surface area contributed by atoms with Gasteiger partial charge in [-0.05, 0) is 51.8 Å². The third-order valence-corrected chi connectivity index (χ3v) is 5.29. The van der Waals surface area contributed by atoms with Crippen LogP contribution in [-0.2, 0) is 6.54 Å². The van der Waals surface area contributed by atoms with E-state index in [9.17, 15) is 0 Å². The lowest BCUT2D eigenvalue weighted by molar-refractivity contribution is 1.14. The quantitative estimate of drug-likeness (QED) is 0.515. The van der Waals surface area contributed by atoms with Gasteiger partial charge in [-0.2, -0.15) is 0 Å². The van der Waals surface area contributed by atoms with Gasteiger partial charge in [-0.15, -0.1) is 0 Å². The first kappa shape index (κ1) is 15.5. The van der Waals surface area contributed by atoms with Gasteiger partial charge in [0.05, 0.1) is 15.7 Å². The van der Waals surface area contributed by atoms with Gasteiger partial charge in [0.2, 0.25) is 0 Å². The summed E-state index contributed by atoms with van der Waals surface area (Å²) in [5.41, 5.74) is 1.82. The summed E-state index contributed by atoms with van der Waals surface area (Å²) in [6.07, 6.45) is 0. The normalized spacial score (nSPS) is 10.6. The molecule has 0 spiro atoms. The highest BCUT2D eigenvalue weighted by atomic mass is 79.9. The van der Waals surface area contributed by atoms with Crippen LogP contribution in [0.4, 0.5) is 5.69 Å². The number of rotatable bonds is 3. The molecule has 0 amide bonds. The highest BCUT2D eigenvalue weighted by Gasteiger charge is 2.09. The summed E-state index contributed by atoms with van der Waals surface area (Å²) in [6.45, 7) is 0.596. The fourth-order valence-corrected chi connectivity index (χ4v) is 2.95. The molecular formula is C13H8Br2Cl3N. The molecule has 0 saturated carbocycles. The van der Waals surface area contributed by atoms with Crippen LogP contribution in [0.2, 0.25) is 15.1 Å². The molecule has 2 rings (SSSR count). The van der Waals surface area contributed by atoms with E-state index < -0.39 is 0 Å². The van der Waals surface area contributed by atoms with Crippen LogP contribution in [0.3, 0.4) is 0 Å². The van der Waals surface area contributed by atoms with E-state index in [1.807, 2.05) is 30.3 Å². The van der Waals surface area contributed by atoms with Crippen molar-refractivity contribution in [3.63, 3.8) is 0 Å². The molecule has 6 heteroatoms. The SMILES string of the molecule is Clc1ccc(Br)c(CNc2ccc(Br)c(Cl)c2Cl)c1. The number of nitrogens with one attached hydrogen (secondary N) is 1. The molecule has 100 valence electrons. The predicted octanol–water partition coefficient (Wildman–Crippen LogP) is 6.78. The van der Waals surface area contributed by atoms with Gasteiger partial charge in [-0.3, -0.25) is 0 Å². The Hall–Kier alpha value is 0.0700. The van der Waals surface area contributed by atoms with E-state index in [0.29, 0.717) is 21.6 Å². The van der Waals surface area contributed by atoms with Crippen molar-refractivity contribution in [3.8, 4) is 0 Å². The van der Waals surface area contributed by atoms with Gasteiger partial charge in [-0.1, -0.05) is 50.7 Å². The van der Waals surface area contributed by atoms with Gasteiger partial charge in [-0.25, -0.2) is 0 Å². The Morgan fingerprint density at radius 1 is 0.895 bits per heavy atom. The van der Waals surface area contributed by atoms with Crippen LogP contribution >= 0.6 is 66.7 Å². The Labute approximate surface area is 143 Å². The van der Waals surface area contributed by atoms with E-state index in [1.54, 1.807) is 0 Å². The fourth-order valence-electron chi connectivity index (χ4n) is 1.53. The van der Waals surface area contributed by atoms with Gasteiger partial charge in [0.25, 0.3) is 0 Å². The minimum atomic E-state index is 0.495. The predicted molar refractivity (Wildman–Crippen MR) is 90.6 cm³/mol. The minimum Gasteiger partial charge on any atom is -0.380 e. The summed E-state index contributed by atoms with van der Waals surface area (Å²) in [6, 6.07) is 9.36. The van der Waals surface area contributed by atoms with Crippen molar-refractivity contribution < 1.29 is 0 Å². The molecule has 0 aliphatic carbocycles. The molecule has 0 aliphatic heterocycles. The van der Waals surface area contributed by atoms with Crippen LogP contribution in [0.5, 0.6) is 0 Å². The highest BCUT2D eigenvalue weighted by molar-refractivity contribution is 9.10. The van der Waals surface area contributed by atoms with E-state index in [2.05, 4.69) is 37.2 Å². The number of anilines is 1. The number of benzene rings is 2. The highest BCUT2D eigenvalue weighted by Crippen LogP contribution is 2.36. The lowest BCUT2D eigenvalue weighted by Crippen LogP contribution is -2.01. The van der Waals surface area contributed by atoms with Crippen molar-refractivity contribution in [1.82, 2.24) is 0 Å². The molecule has 0 aliphatic rings. The second kappa shape index (κ2) is 6.68. The molecule has 0 fully saturated rings. The van der Waals surface area contributed by atoms with Crippen molar-refractivity contribution in [1.29, 1.82) is 0 Å². The Bertz CT molecular complexity index is 617. The van der Waals surface area contributed by atoms with E-state index in [1.165, 1.54) is 0 Å². The lowest BCUT2D eigenvalue weighted by atomic mass is 10.2. The third kappa shape index (κ3) is 3.79. The van der Waals surface area contributed by atoms with E-state index in [4.69, 9.17) is 34.8 Å². The van der Waals surface area contributed by atoms with Crippen LogP contribution in [-0.4, -0.2) is 0 Å². The Morgan fingerprint density at radius 2 is 1.58 bits per heavy atom. The fraction of sp³-hybridized carbons (Fsp3) is 0.0769. The maximum atomic E-state index is 6.17. The molecule has 0 aromatic heterocycles. The molecule has 1 N–H and O–H groups in total. The van der Waals surface area contributed by atoms with Crippen molar-refractivity contribution in [2.75, 3.05) is 5.32 Å². The zero-order valence-corrected chi connectivity index (χ0v) is 14.9. The standard InChI is InChI=1S/C13H8Br2Cl3N/c14-9-2-1-8(16)5-7(9)6-19-11-4-3-10(15)12(17)13(11)18/h1-5,19H,6H2. The molecule has 2 aromatic rings. The number of hydrogen-bond acceptors (Lipinski definition) is 1. The molecule has 0 unspecified atom stereocenters. The van der Waals surface area contributed by atoms with Crippen LogP contribution < -0.4 is 5.32 Å². The van der Waals surface area contributed by atoms with E-state index >= 15 is 0 Å². The molecule has 0 atom stereocenters. The summed E-state index contributed by atoms with van der Waals surface area (Å²) in [5, 5.41) is 4.93. The smallest absolute Gasteiger partial charge is 0.0835 e. The molecule has 0 heterocycles. The second-order valence-electron chi connectivity index (χ2n) is 3.81. The second-order valence-corrected chi connectivity index (χ2v) is 6.71. The summed E-state index contributed by atoms with van der Waals surface area (Å²) in [5.74, 6) is 0. The van der Waals surface area contributed by atoms with Gasteiger partial charge in [0.1, 0.15) is 0 Å². The summed E-state index contributed by atoms with van der Waals surface area (Å²) >= 11 is 25.0. The Kier molecular flexibility index (Phi) is 5.44. The van der Waals surface area contributed by atoms with Gasteiger partial charge >= 0.3 is 0 Å². The van der Waals surface area contributed by atoms with E-state index in [-0.39, 0.29) is 0 Å². The van der Waals surface area contributed by atoms with Crippen molar-refractivity contribution in [2.45, 2.75) is 6.54 Å². The van der Waals surface area contributed by atoms with Gasteiger partial charge in [0.15, 0.2) is 0 Å². The molecule has 2 aromatic carbocycles. The van der Waals surface area contributed by atoms with Crippen molar-refractivity contribution >= 4 is 72.4 Å². The minimum absolute atomic E-state index is 0.495. The molecule has 0 saturated heterocycles. The first-order chi connectivity index (χ1) is 8.99. The number of halogens is 5. The number of hydrogen-bond donors (Lipinski definition) is 1. The molecule has 19 heavy (non-hydrogen) atoms. The van der Waals surface area contributed by atoms with Crippen LogP contribution in [0.1, 0.15) is 5.56 Å². The van der Waals surface area contributed by atoms with Crippen molar-refractivity contribution in [3.05, 3.63) is 59.9 Å². The van der Waals surface area contributed by atoms with E-state index in [0.717, 1.165) is 20.2 Å². The monoisotopic (exact) mass is 441 g/mol. The molecule has 0 bridgehead atoms. The van der Waals surface area contributed by atoms with Crippen molar-refractivity contribution in [2.24, 2.45) is 0 Å². The van der Waals surface area contributed by atoms with Gasteiger partial charge < -0.3 is 5.32 Å². The zero-order valence-electron chi connectivity index (χ0n) is 9.48. The van der Waals surface area contributed by atoms with Gasteiger partial charge in [0, 0.05) is 20.5 Å². The molecule has 1 nitrogen and oxygen atoms in total. The first-order valence-electron chi connectivity index (χ1n) is 5.30. The summed E-state index contributed by atoms with van der Waals surface area (Å²) < 4.78 is 1.76. The maximum Gasteiger partial charge on any atom is 0.0835 e. The zero-order chi connectivity index (χ0) is 14.0. The Balaban J connectivity index is 2.19. The average Bonchev–Trinajstić information content (AvgIpc) is 2.39. The van der Waals surface area contributed by atoms with Crippen LogP contribution in [0.25, 0.3) is 0 Å². The lowest BCUT2D eigenvalue weighted by Gasteiger charge is -2.11. The molecular weight excluding hydrogens is 436 g/mol. The largest absolute Gasteiger partial charge is 0.380 e. The third-order valence-electron chi connectivity index (χ3n) is 2.51. The molecule has 0 radical (unpaired) electrons. The average molecular weight is 444 g/mol.